The summed E-state index contributed by atoms with van der Waals surface area (Å²) in [5.74, 6) is -0.503. The number of carbonyl (C=O) groups excluding carboxylic acids is 1. The molecule has 2 rings (SSSR count). The minimum absolute atomic E-state index is 0.0869. The predicted octanol–water partition coefficient (Wildman–Crippen LogP) is 1.88. The second-order valence-electron chi connectivity index (χ2n) is 4.83. The predicted molar refractivity (Wildman–Crippen MR) is 82.5 cm³/mol. The average Bonchev–Trinajstić information content (AvgIpc) is 2.88. The first-order chi connectivity index (χ1) is 10.8. The second kappa shape index (κ2) is 6.88. The van der Waals surface area contributed by atoms with Gasteiger partial charge in [0.1, 0.15) is 6.23 Å². The maximum Gasteiger partial charge on any atom is 0.269 e. The number of nitro benzene ring substituents is 1. The lowest BCUT2D eigenvalue weighted by Gasteiger charge is -2.22. The van der Waals surface area contributed by atoms with E-state index < -0.39 is 27.1 Å². The van der Waals surface area contributed by atoms with Gasteiger partial charge in [-0.2, -0.15) is 0 Å². The highest BCUT2D eigenvalue weighted by atomic mass is 32.2. The van der Waals surface area contributed by atoms with Crippen LogP contribution in [0.3, 0.4) is 0 Å². The first-order valence-corrected chi connectivity index (χ1v) is 8.47. The third-order valence-electron chi connectivity index (χ3n) is 3.28. The van der Waals surface area contributed by atoms with Crippen molar-refractivity contribution in [1.29, 1.82) is 0 Å². The standard InChI is InChI=1S/C14H16N2O6S/c1-2-22-14-8-7-13(17)15(14)23(20,21)10-9-11-3-5-12(6-4-11)16(18)19/h3-6,9-10,14H,2,7-8H2,1H3/b10-9+. The van der Waals surface area contributed by atoms with Gasteiger partial charge in [0.05, 0.1) is 10.3 Å². The fourth-order valence-electron chi connectivity index (χ4n) is 2.22. The minimum atomic E-state index is -3.96. The molecule has 23 heavy (non-hydrogen) atoms. The van der Waals surface area contributed by atoms with Crippen LogP contribution in [0, 0.1) is 10.1 Å². The van der Waals surface area contributed by atoms with Crippen molar-refractivity contribution >= 4 is 27.7 Å². The van der Waals surface area contributed by atoms with Crippen LogP contribution in [-0.2, 0) is 19.6 Å². The lowest BCUT2D eigenvalue weighted by molar-refractivity contribution is -0.384. The molecule has 1 heterocycles. The molecule has 0 radical (unpaired) electrons. The van der Waals surface area contributed by atoms with E-state index in [9.17, 15) is 23.3 Å². The number of benzene rings is 1. The van der Waals surface area contributed by atoms with Gasteiger partial charge in [-0.3, -0.25) is 14.9 Å². The van der Waals surface area contributed by atoms with Gasteiger partial charge < -0.3 is 4.74 Å². The molecular weight excluding hydrogens is 324 g/mol. The smallest absolute Gasteiger partial charge is 0.269 e. The van der Waals surface area contributed by atoms with Crippen LogP contribution in [-0.4, -0.2) is 36.4 Å². The molecule has 1 aliphatic heterocycles. The van der Waals surface area contributed by atoms with Crippen molar-refractivity contribution in [1.82, 2.24) is 4.31 Å². The molecule has 0 spiro atoms. The summed E-state index contributed by atoms with van der Waals surface area (Å²) in [6.45, 7) is 2.02. The number of rotatable bonds is 6. The van der Waals surface area contributed by atoms with Crippen LogP contribution in [0.5, 0.6) is 0 Å². The first-order valence-electron chi connectivity index (χ1n) is 6.96. The number of nitrogens with zero attached hydrogens (tertiary/aromatic N) is 2. The van der Waals surface area contributed by atoms with Crippen molar-refractivity contribution in [2.45, 2.75) is 26.0 Å². The maximum atomic E-state index is 12.3. The van der Waals surface area contributed by atoms with E-state index in [1.807, 2.05) is 0 Å². The topological polar surface area (TPSA) is 107 Å². The molecule has 0 aliphatic carbocycles. The highest BCUT2D eigenvalue weighted by molar-refractivity contribution is 7.92. The number of sulfonamides is 1. The van der Waals surface area contributed by atoms with Gasteiger partial charge in [0.2, 0.25) is 5.91 Å². The van der Waals surface area contributed by atoms with Gasteiger partial charge in [-0.05, 0) is 30.7 Å². The summed E-state index contributed by atoms with van der Waals surface area (Å²) in [6.07, 6.45) is 0.958. The van der Waals surface area contributed by atoms with Gasteiger partial charge in [0.25, 0.3) is 15.7 Å². The fourth-order valence-corrected chi connectivity index (χ4v) is 3.55. The van der Waals surface area contributed by atoms with E-state index >= 15 is 0 Å². The van der Waals surface area contributed by atoms with Crippen molar-refractivity contribution in [3.05, 3.63) is 45.4 Å². The Hall–Kier alpha value is -2.26. The number of carbonyl (C=O) groups is 1. The van der Waals surface area contributed by atoms with E-state index in [0.717, 1.165) is 9.71 Å². The van der Waals surface area contributed by atoms with E-state index in [2.05, 4.69) is 0 Å². The Labute approximate surface area is 133 Å². The lowest BCUT2D eigenvalue weighted by atomic mass is 10.2. The summed E-state index contributed by atoms with van der Waals surface area (Å²) in [7, 11) is -3.96. The minimum Gasteiger partial charge on any atom is -0.357 e. The van der Waals surface area contributed by atoms with Crippen LogP contribution in [0.1, 0.15) is 25.3 Å². The van der Waals surface area contributed by atoms with Gasteiger partial charge in [-0.1, -0.05) is 0 Å². The van der Waals surface area contributed by atoms with Gasteiger partial charge in [0, 0.05) is 31.6 Å². The van der Waals surface area contributed by atoms with Crippen molar-refractivity contribution in [3.63, 3.8) is 0 Å². The Kier molecular flexibility index (Phi) is 5.12. The molecule has 1 fully saturated rings. The molecule has 1 aromatic carbocycles. The largest absolute Gasteiger partial charge is 0.357 e. The van der Waals surface area contributed by atoms with E-state index in [1.54, 1.807) is 6.92 Å². The Morgan fingerprint density at radius 2 is 2.04 bits per heavy atom. The van der Waals surface area contributed by atoms with Gasteiger partial charge in [-0.15, -0.1) is 0 Å². The van der Waals surface area contributed by atoms with Crippen LogP contribution in [0.2, 0.25) is 0 Å². The molecule has 124 valence electrons. The molecule has 8 nitrogen and oxygen atoms in total. The highest BCUT2D eigenvalue weighted by Gasteiger charge is 2.38. The maximum absolute atomic E-state index is 12.3. The summed E-state index contributed by atoms with van der Waals surface area (Å²) in [5, 5.41) is 11.5. The third-order valence-corrected chi connectivity index (χ3v) is 4.75. The van der Waals surface area contributed by atoms with Crippen molar-refractivity contribution < 1.29 is 22.9 Å². The van der Waals surface area contributed by atoms with Crippen LogP contribution < -0.4 is 0 Å². The fraction of sp³-hybridized carbons (Fsp3) is 0.357. The molecule has 0 aromatic heterocycles. The zero-order valence-corrected chi connectivity index (χ0v) is 13.2. The number of amides is 1. The molecule has 1 amide bonds. The summed E-state index contributed by atoms with van der Waals surface area (Å²) in [4.78, 5) is 21.8. The Morgan fingerprint density at radius 1 is 1.39 bits per heavy atom. The number of hydrogen-bond acceptors (Lipinski definition) is 6. The number of ether oxygens (including phenoxy) is 1. The molecule has 1 aliphatic rings. The molecule has 9 heteroatoms. The molecule has 1 unspecified atom stereocenters. The Balaban J connectivity index is 2.19. The summed E-state index contributed by atoms with van der Waals surface area (Å²) < 4.78 is 30.6. The molecular formula is C14H16N2O6S. The van der Waals surface area contributed by atoms with Crippen molar-refractivity contribution in [2.24, 2.45) is 0 Å². The lowest BCUT2D eigenvalue weighted by Crippen LogP contribution is -2.38. The molecule has 1 saturated heterocycles. The Morgan fingerprint density at radius 3 is 2.61 bits per heavy atom. The number of hydrogen-bond donors (Lipinski definition) is 0. The zero-order valence-electron chi connectivity index (χ0n) is 12.4. The van der Waals surface area contributed by atoms with E-state index in [0.29, 0.717) is 18.6 Å². The summed E-state index contributed by atoms with van der Waals surface area (Å²) >= 11 is 0. The molecule has 0 bridgehead atoms. The normalized spacial score (nSPS) is 18.7. The number of non-ortho nitro benzene ring substituents is 1. The summed E-state index contributed by atoms with van der Waals surface area (Å²) in [6, 6.07) is 5.40. The zero-order chi connectivity index (χ0) is 17.0. The number of nitro groups is 1. The quantitative estimate of drug-likeness (QED) is 0.578. The summed E-state index contributed by atoms with van der Waals surface area (Å²) in [5.41, 5.74) is 0.384. The van der Waals surface area contributed by atoms with Crippen molar-refractivity contribution in [3.8, 4) is 0 Å². The van der Waals surface area contributed by atoms with Crippen LogP contribution in [0.15, 0.2) is 29.7 Å². The average molecular weight is 340 g/mol. The van der Waals surface area contributed by atoms with Crippen LogP contribution in [0.25, 0.3) is 6.08 Å². The van der Waals surface area contributed by atoms with E-state index in [4.69, 9.17) is 4.74 Å². The monoisotopic (exact) mass is 340 g/mol. The van der Waals surface area contributed by atoms with Crippen LogP contribution >= 0.6 is 0 Å². The van der Waals surface area contributed by atoms with Crippen LogP contribution in [0.4, 0.5) is 5.69 Å². The van der Waals surface area contributed by atoms with E-state index in [-0.39, 0.29) is 12.1 Å². The Bertz CT molecular complexity index is 726. The SMILES string of the molecule is CCOC1CCC(=O)N1S(=O)(=O)/C=C/c1ccc([N+](=O)[O-])cc1. The molecule has 1 atom stereocenters. The van der Waals surface area contributed by atoms with Gasteiger partial charge in [0.15, 0.2) is 0 Å². The second-order valence-corrected chi connectivity index (χ2v) is 6.53. The highest BCUT2D eigenvalue weighted by Crippen LogP contribution is 2.24. The van der Waals surface area contributed by atoms with E-state index in [1.165, 1.54) is 30.3 Å². The first kappa shape index (κ1) is 17.1. The molecule has 1 aromatic rings. The molecule has 0 N–H and O–H groups in total. The van der Waals surface area contributed by atoms with Gasteiger partial charge >= 0.3 is 0 Å². The van der Waals surface area contributed by atoms with Gasteiger partial charge in [-0.25, -0.2) is 12.7 Å². The molecule has 0 saturated carbocycles. The third kappa shape index (κ3) is 3.93. The van der Waals surface area contributed by atoms with Crippen molar-refractivity contribution in [2.75, 3.05) is 6.61 Å².